The summed E-state index contributed by atoms with van der Waals surface area (Å²) in [4.78, 5) is 38.4. The van der Waals surface area contributed by atoms with Crippen LogP contribution in [0.2, 0.25) is 5.02 Å². The van der Waals surface area contributed by atoms with Crippen molar-refractivity contribution in [1.29, 1.82) is 0 Å². The number of amides is 3. The van der Waals surface area contributed by atoms with Crippen LogP contribution < -0.4 is 20.5 Å². The minimum absolute atomic E-state index is 0.0688. The highest BCUT2D eigenvalue weighted by Gasteiger charge is 2.36. The molecule has 2 N–H and O–H groups in total. The van der Waals surface area contributed by atoms with Crippen molar-refractivity contribution in [2.75, 3.05) is 18.1 Å². The van der Waals surface area contributed by atoms with Gasteiger partial charge in [0.2, 0.25) is 17.7 Å². The molecular weight excluding hydrogens is 394 g/mol. The highest BCUT2D eigenvalue weighted by molar-refractivity contribution is 6.30. The van der Waals surface area contributed by atoms with Crippen LogP contribution in [0.25, 0.3) is 0 Å². The Hall–Kier alpha value is -3.06. The molecule has 0 aromatic heterocycles. The van der Waals surface area contributed by atoms with Crippen molar-refractivity contribution in [2.45, 2.75) is 19.8 Å². The Bertz CT molecular complexity index is 901. The zero-order chi connectivity index (χ0) is 20.8. The predicted octanol–water partition coefficient (Wildman–Crippen LogP) is 2.48. The van der Waals surface area contributed by atoms with Gasteiger partial charge in [-0.15, -0.1) is 0 Å². The number of benzene rings is 2. The van der Waals surface area contributed by atoms with E-state index in [1.807, 2.05) is 19.1 Å². The molecule has 1 atom stereocenters. The first-order chi connectivity index (χ1) is 14.0. The zero-order valence-corrected chi connectivity index (χ0v) is 16.7. The summed E-state index contributed by atoms with van der Waals surface area (Å²) in [7, 11) is 0. The van der Waals surface area contributed by atoms with Gasteiger partial charge < -0.3 is 9.64 Å². The molecule has 152 valence electrons. The summed E-state index contributed by atoms with van der Waals surface area (Å²) < 4.78 is 5.58. The van der Waals surface area contributed by atoms with Crippen LogP contribution in [0.1, 0.15) is 18.9 Å². The number of hydrazine groups is 1. The lowest BCUT2D eigenvalue weighted by molar-refractivity contribution is -0.131. The number of anilines is 1. The second-order valence-corrected chi connectivity index (χ2v) is 7.08. The average Bonchev–Trinajstić information content (AvgIpc) is 3.10. The molecule has 0 saturated carbocycles. The molecule has 3 rings (SSSR count). The van der Waals surface area contributed by atoms with Crippen LogP contribution in [0.5, 0.6) is 5.75 Å². The lowest BCUT2D eigenvalue weighted by atomic mass is 10.1. The maximum absolute atomic E-state index is 12.4. The van der Waals surface area contributed by atoms with E-state index in [1.165, 1.54) is 0 Å². The van der Waals surface area contributed by atoms with Crippen LogP contribution >= 0.6 is 11.6 Å². The molecule has 1 unspecified atom stereocenters. The quantitative estimate of drug-likeness (QED) is 0.709. The molecule has 0 spiro atoms. The maximum Gasteiger partial charge on any atom is 0.243 e. The fourth-order valence-corrected chi connectivity index (χ4v) is 3.26. The molecule has 0 bridgehead atoms. The van der Waals surface area contributed by atoms with E-state index in [9.17, 15) is 14.4 Å². The summed E-state index contributed by atoms with van der Waals surface area (Å²) in [5.74, 6) is -0.888. The van der Waals surface area contributed by atoms with Crippen molar-refractivity contribution in [3.05, 3.63) is 59.1 Å². The molecule has 29 heavy (non-hydrogen) atoms. The number of para-hydroxylation sites is 2. The van der Waals surface area contributed by atoms with E-state index in [4.69, 9.17) is 16.3 Å². The van der Waals surface area contributed by atoms with Gasteiger partial charge in [0.1, 0.15) is 5.75 Å². The molecule has 8 heteroatoms. The van der Waals surface area contributed by atoms with E-state index >= 15 is 0 Å². The lowest BCUT2D eigenvalue weighted by Crippen LogP contribution is -2.45. The zero-order valence-electron chi connectivity index (χ0n) is 16.0. The molecule has 1 aliphatic heterocycles. The average molecular weight is 416 g/mol. The molecule has 1 aliphatic rings. The molecule has 3 amide bonds. The van der Waals surface area contributed by atoms with Crippen molar-refractivity contribution in [3.8, 4) is 5.75 Å². The van der Waals surface area contributed by atoms with Gasteiger partial charge in [-0.05, 0) is 36.8 Å². The predicted molar refractivity (Wildman–Crippen MR) is 110 cm³/mol. The normalized spacial score (nSPS) is 15.9. The van der Waals surface area contributed by atoms with E-state index in [-0.39, 0.29) is 31.2 Å². The number of nitrogens with one attached hydrogen (secondary N) is 2. The van der Waals surface area contributed by atoms with E-state index < -0.39 is 11.8 Å². The first kappa shape index (κ1) is 20.7. The van der Waals surface area contributed by atoms with Crippen molar-refractivity contribution in [3.63, 3.8) is 0 Å². The van der Waals surface area contributed by atoms with Gasteiger partial charge >= 0.3 is 0 Å². The smallest absolute Gasteiger partial charge is 0.243 e. The highest BCUT2D eigenvalue weighted by atomic mass is 35.5. The van der Waals surface area contributed by atoms with E-state index in [1.54, 1.807) is 41.3 Å². The number of halogens is 1. The van der Waals surface area contributed by atoms with Gasteiger partial charge in [-0.25, -0.2) is 0 Å². The Morgan fingerprint density at radius 3 is 2.59 bits per heavy atom. The monoisotopic (exact) mass is 415 g/mol. The third-order valence-corrected chi connectivity index (χ3v) is 4.81. The fourth-order valence-electron chi connectivity index (χ4n) is 3.14. The molecule has 1 fully saturated rings. The van der Waals surface area contributed by atoms with Crippen LogP contribution in [0.3, 0.4) is 0 Å². The van der Waals surface area contributed by atoms with Crippen molar-refractivity contribution < 1.29 is 19.1 Å². The van der Waals surface area contributed by atoms with Gasteiger partial charge in [0.05, 0.1) is 24.6 Å². The van der Waals surface area contributed by atoms with Crippen LogP contribution in [0.4, 0.5) is 5.69 Å². The minimum Gasteiger partial charge on any atom is -0.492 e. The van der Waals surface area contributed by atoms with E-state index in [0.717, 1.165) is 5.56 Å². The summed E-state index contributed by atoms with van der Waals surface area (Å²) in [6.07, 6.45) is 0.175. The topological polar surface area (TPSA) is 87.7 Å². The van der Waals surface area contributed by atoms with Gasteiger partial charge in [0, 0.05) is 18.0 Å². The van der Waals surface area contributed by atoms with Gasteiger partial charge in [0.15, 0.2) is 0 Å². The first-order valence-corrected chi connectivity index (χ1v) is 9.71. The standard InChI is InChI=1S/C21H22ClN3O4/c1-2-29-18-6-4-3-5-17(18)25-13-15(12-20(25)27)21(28)24-23-19(26)11-14-7-9-16(22)10-8-14/h3-10,15H,2,11-13H2,1H3,(H,23,26)(H,24,28). The van der Waals surface area contributed by atoms with E-state index in [2.05, 4.69) is 10.9 Å². The van der Waals surface area contributed by atoms with Crippen LogP contribution in [-0.2, 0) is 20.8 Å². The number of rotatable bonds is 6. The van der Waals surface area contributed by atoms with Crippen molar-refractivity contribution >= 4 is 35.0 Å². The first-order valence-electron chi connectivity index (χ1n) is 9.33. The summed E-state index contributed by atoms with van der Waals surface area (Å²) in [5.41, 5.74) is 6.23. The highest BCUT2D eigenvalue weighted by Crippen LogP contribution is 2.33. The molecule has 7 nitrogen and oxygen atoms in total. The summed E-state index contributed by atoms with van der Waals surface area (Å²) >= 11 is 5.82. The van der Waals surface area contributed by atoms with Crippen molar-refractivity contribution in [1.82, 2.24) is 10.9 Å². The van der Waals surface area contributed by atoms with Crippen LogP contribution in [0, 0.1) is 5.92 Å². The summed E-state index contributed by atoms with van der Waals surface area (Å²) in [6.45, 7) is 2.57. The minimum atomic E-state index is -0.562. The number of carbonyl (C=O) groups is 3. The van der Waals surface area contributed by atoms with Crippen molar-refractivity contribution in [2.24, 2.45) is 5.92 Å². The Morgan fingerprint density at radius 1 is 1.14 bits per heavy atom. The number of hydrogen-bond acceptors (Lipinski definition) is 4. The Morgan fingerprint density at radius 2 is 1.86 bits per heavy atom. The second-order valence-electron chi connectivity index (χ2n) is 6.65. The molecule has 2 aromatic carbocycles. The van der Waals surface area contributed by atoms with Gasteiger partial charge in [-0.1, -0.05) is 35.9 Å². The third-order valence-electron chi connectivity index (χ3n) is 4.55. The Kier molecular flexibility index (Phi) is 6.72. The summed E-state index contributed by atoms with van der Waals surface area (Å²) in [5, 5.41) is 0.587. The molecule has 0 radical (unpaired) electrons. The maximum atomic E-state index is 12.4. The number of ether oxygens (including phenoxy) is 1. The lowest BCUT2D eigenvalue weighted by Gasteiger charge is -2.20. The van der Waals surface area contributed by atoms with Gasteiger partial charge in [-0.2, -0.15) is 0 Å². The molecule has 0 aliphatic carbocycles. The van der Waals surface area contributed by atoms with Crippen LogP contribution in [0.15, 0.2) is 48.5 Å². The molecule has 2 aromatic rings. The SMILES string of the molecule is CCOc1ccccc1N1CC(C(=O)NNC(=O)Cc2ccc(Cl)cc2)CC1=O. The molecular formula is C21H22ClN3O4. The Balaban J connectivity index is 1.55. The number of carbonyl (C=O) groups excluding carboxylic acids is 3. The largest absolute Gasteiger partial charge is 0.492 e. The van der Waals surface area contributed by atoms with Gasteiger partial charge in [-0.3, -0.25) is 25.2 Å². The third kappa shape index (κ3) is 5.26. The second kappa shape index (κ2) is 9.43. The molecule has 1 saturated heterocycles. The fraction of sp³-hybridized carbons (Fsp3) is 0.286. The van der Waals surface area contributed by atoms with Gasteiger partial charge in [0.25, 0.3) is 0 Å². The summed E-state index contributed by atoms with van der Waals surface area (Å²) in [6, 6.07) is 14.1. The number of hydrogen-bond donors (Lipinski definition) is 2. The number of nitrogens with zero attached hydrogens (tertiary/aromatic N) is 1. The van der Waals surface area contributed by atoms with Crippen LogP contribution in [-0.4, -0.2) is 30.9 Å². The van der Waals surface area contributed by atoms with E-state index in [0.29, 0.717) is 23.1 Å². The Labute approximate surface area is 173 Å². The molecule has 1 heterocycles.